The fraction of sp³-hybridized carbons (Fsp3) is 0.529. The fourth-order valence-corrected chi connectivity index (χ4v) is 2.87. The molecule has 0 aromatic heterocycles. The molecule has 4 N–H and O–H groups in total. The summed E-state index contributed by atoms with van der Waals surface area (Å²) in [5, 5.41) is 0. The Kier molecular flexibility index (Phi) is 6.26. The second-order valence-electron chi connectivity index (χ2n) is 5.70. The van der Waals surface area contributed by atoms with Gasteiger partial charge in [-0.3, -0.25) is 9.79 Å². The SMILES string of the molecule is CCOC(=O)CC1CCc2ccc(OCCN=C(N)N)cc2C1. The average Bonchev–Trinajstić information content (AvgIpc) is 2.51. The van der Waals surface area contributed by atoms with E-state index in [9.17, 15) is 4.79 Å². The molecular formula is C17H25N3O3. The summed E-state index contributed by atoms with van der Waals surface area (Å²) >= 11 is 0. The lowest BCUT2D eigenvalue weighted by Gasteiger charge is -2.24. The molecular weight excluding hydrogens is 294 g/mol. The molecule has 0 aliphatic heterocycles. The van der Waals surface area contributed by atoms with Crippen molar-refractivity contribution in [3.63, 3.8) is 0 Å². The molecule has 0 heterocycles. The van der Waals surface area contributed by atoms with Gasteiger partial charge in [-0.1, -0.05) is 6.07 Å². The van der Waals surface area contributed by atoms with Crippen LogP contribution in [-0.4, -0.2) is 31.7 Å². The number of hydrogen-bond donors (Lipinski definition) is 2. The number of nitrogens with zero attached hydrogens (tertiary/aromatic N) is 1. The third-order valence-corrected chi connectivity index (χ3v) is 3.92. The zero-order valence-electron chi connectivity index (χ0n) is 13.6. The van der Waals surface area contributed by atoms with Crippen molar-refractivity contribution in [2.75, 3.05) is 19.8 Å². The number of nitrogens with two attached hydrogens (primary N) is 2. The van der Waals surface area contributed by atoms with Gasteiger partial charge in [-0.2, -0.15) is 0 Å². The molecule has 0 saturated heterocycles. The standard InChI is InChI=1S/C17H25N3O3/c1-2-22-16(21)10-12-3-4-13-5-6-15(11-14(13)9-12)23-8-7-20-17(18)19/h5-6,11-12H,2-4,7-10H2,1H3,(H4,18,19,20). The van der Waals surface area contributed by atoms with Crippen LogP contribution in [0.2, 0.25) is 0 Å². The minimum absolute atomic E-state index is 0.0702. The van der Waals surface area contributed by atoms with Crippen LogP contribution in [0.15, 0.2) is 23.2 Å². The summed E-state index contributed by atoms with van der Waals surface area (Å²) in [6.45, 7) is 3.14. The zero-order valence-corrected chi connectivity index (χ0v) is 13.6. The van der Waals surface area contributed by atoms with Crippen molar-refractivity contribution in [1.29, 1.82) is 0 Å². The van der Waals surface area contributed by atoms with Crippen molar-refractivity contribution >= 4 is 11.9 Å². The summed E-state index contributed by atoms with van der Waals surface area (Å²) < 4.78 is 10.7. The van der Waals surface area contributed by atoms with E-state index in [1.807, 2.05) is 13.0 Å². The highest BCUT2D eigenvalue weighted by Gasteiger charge is 2.22. The highest BCUT2D eigenvalue weighted by atomic mass is 16.5. The number of rotatable bonds is 7. The van der Waals surface area contributed by atoms with E-state index in [1.165, 1.54) is 11.1 Å². The monoisotopic (exact) mass is 319 g/mol. The van der Waals surface area contributed by atoms with Crippen LogP contribution in [0.4, 0.5) is 0 Å². The number of fused-ring (bicyclic) bond motifs is 1. The average molecular weight is 319 g/mol. The molecule has 1 unspecified atom stereocenters. The van der Waals surface area contributed by atoms with Gasteiger partial charge < -0.3 is 20.9 Å². The fourth-order valence-electron chi connectivity index (χ4n) is 2.87. The van der Waals surface area contributed by atoms with Gasteiger partial charge in [0.1, 0.15) is 12.4 Å². The van der Waals surface area contributed by atoms with Crippen LogP contribution >= 0.6 is 0 Å². The van der Waals surface area contributed by atoms with Gasteiger partial charge in [0.2, 0.25) is 0 Å². The van der Waals surface area contributed by atoms with Crippen LogP contribution in [0.25, 0.3) is 0 Å². The second kappa shape index (κ2) is 8.41. The van der Waals surface area contributed by atoms with E-state index in [0.29, 0.717) is 32.1 Å². The van der Waals surface area contributed by atoms with Crippen LogP contribution in [0.1, 0.15) is 30.9 Å². The van der Waals surface area contributed by atoms with Gasteiger partial charge >= 0.3 is 5.97 Å². The Labute approximate surface area is 136 Å². The van der Waals surface area contributed by atoms with Gasteiger partial charge in [-0.15, -0.1) is 0 Å². The number of guanidine groups is 1. The minimum atomic E-state index is -0.106. The number of aliphatic imine (C=N–C) groups is 1. The maximum atomic E-state index is 11.6. The Balaban J connectivity index is 1.91. The first-order valence-electron chi connectivity index (χ1n) is 8.04. The molecule has 0 spiro atoms. The molecule has 0 amide bonds. The lowest BCUT2D eigenvalue weighted by molar-refractivity contribution is -0.144. The summed E-state index contributed by atoms with van der Waals surface area (Å²) in [6, 6.07) is 6.13. The maximum absolute atomic E-state index is 11.6. The van der Waals surface area contributed by atoms with Gasteiger partial charge in [0.25, 0.3) is 0 Å². The van der Waals surface area contributed by atoms with E-state index in [2.05, 4.69) is 17.1 Å². The lowest BCUT2D eigenvalue weighted by Crippen LogP contribution is -2.23. The van der Waals surface area contributed by atoms with Gasteiger partial charge in [-0.25, -0.2) is 0 Å². The van der Waals surface area contributed by atoms with E-state index in [-0.39, 0.29) is 11.9 Å². The second-order valence-corrected chi connectivity index (χ2v) is 5.70. The molecule has 1 aliphatic carbocycles. The third-order valence-electron chi connectivity index (χ3n) is 3.92. The van der Waals surface area contributed by atoms with Crippen molar-refractivity contribution < 1.29 is 14.3 Å². The van der Waals surface area contributed by atoms with Crippen molar-refractivity contribution in [2.24, 2.45) is 22.4 Å². The lowest BCUT2D eigenvalue weighted by atomic mass is 9.82. The Bertz CT molecular complexity index is 568. The topological polar surface area (TPSA) is 99.9 Å². The molecule has 6 heteroatoms. The Hall–Kier alpha value is -2.24. The van der Waals surface area contributed by atoms with E-state index < -0.39 is 0 Å². The van der Waals surface area contributed by atoms with E-state index in [0.717, 1.165) is 25.0 Å². The highest BCUT2D eigenvalue weighted by Crippen LogP contribution is 2.30. The first kappa shape index (κ1) is 17.1. The van der Waals surface area contributed by atoms with Gasteiger partial charge in [0.15, 0.2) is 5.96 Å². The van der Waals surface area contributed by atoms with Crippen LogP contribution in [0, 0.1) is 5.92 Å². The molecule has 6 nitrogen and oxygen atoms in total. The highest BCUT2D eigenvalue weighted by molar-refractivity contribution is 5.75. The number of ether oxygens (including phenoxy) is 2. The molecule has 2 rings (SSSR count). The predicted molar refractivity (Wildman–Crippen MR) is 89.4 cm³/mol. The van der Waals surface area contributed by atoms with Crippen molar-refractivity contribution in [1.82, 2.24) is 0 Å². The van der Waals surface area contributed by atoms with Gasteiger partial charge in [-0.05, 0) is 55.4 Å². The van der Waals surface area contributed by atoms with E-state index >= 15 is 0 Å². The van der Waals surface area contributed by atoms with E-state index in [4.69, 9.17) is 20.9 Å². The van der Waals surface area contributed by atoms with Gasteiger partial charge in [0.05, 0.1) is 13.2 Å². The first-order chi connectivity index (χ1) is 11.1. The molecule has 0 fully saturated rings. The predicted octanol–water partition coefficient (Wildman–Crippen LogP) is 1.40. The number of benzene rings is 1. The molecule has 23 heavy (non-hydrogen) atoms. The zero-order chi connectivity index (χ0) is 16.7. The van der Waals surface area contributed by atoms with E-state index in [1.54, 1.807) is 0 Å². The molecule has 0 bridgehead atoms. The maximum Gasteiger partial charge on any atom is 0.306 e. The summed E-state index contributed by atoms with van der Waals surface area (Å²) in [5.41, 5.74) is 13.1. The number of carbonyl (C=O) groups excluding carboxylic acids is 1. The molecule has 126 valence electrons. The first-order valence-corrected chi connectivity index (χ1v) is 8.04. The van der Waals surface area contributed by atoms with Crippen LogP contribution < -0.4 is 16.2 Å². The Morgan fingerprint density at radius 3 is 2.91 bits per heavy atom. The molecule has 1 atom stereocenters. The Morgan fingerprint density at radius 2 is 2.17 bits per heavy atom. The van der Waals surface area contributed by atoms with Crippen LogP contribution in [0.3, 0.4) is 0 Å². The quantitative estimate of drug-likeness (QED) is 0.342. The summed E-state index contributed by atoms with van der Waals surface area (Å²) in [6.07, 6.45) is 3.40. The molecule has 0 saturated carbocycles. The van der Waals surface area contributed by atoms with Crippen LogP contribution in [-0.2, 0) is 22.4 Å². The van der Waals surface area contributed by atoms with Crippen molar-refractivity contribution in [3.8, 4) is 5.75 Å². The van der Waals surface area contributed by atoms with Crippen molar-refractivity contribution in [3.05, 3.63) is 29.3 Å². The summed E-state index contributed by atoms with van der Waals surface area (Å²) in [5.74, 6) is 1.12. The molecule has 0 radical (unpaired) electrons. The summed E-state index contributed by atoms with van der Waals surface area (Å²) in [7, 11) is 0. The minimum Gasteiger partial charge on any atom is -0.492 e. The molecule has 1 aromatic carbocycles. The Morgan fingerprint density at radius 1 is 1.35 bits per heavy atom. The number of carbonyl (C=O) groups is 1. The number of esters is 1. The largest absolute Gasteiger partial charge is 0.492 e. The number of aryl methyl sites for hydroxylation is 1. The summed E-state index contributed by atoms with van der Waals surface area (Å²) in [4.78, 5) is 15.5. The molecule has 1 aliphatic rings. The van der Waals surface area contributed by atoms with Crippen LogP contribution in [0.5, 0.6) is 5.75 Å². The van der Waals surface area contributed by atoms with Gasteiger partial charge in [0, 0.05) is 6.42 Å². The third kappa shape index (κ3) is 5.47. The number of hydrogen-bond acceptors (Lipinski definition) is 4. The normalized spacial score (nSPS) is 16.3. The van der Waals surface area contributed by atoms with Crippen molar-refractivity contribution in [2.45, 2.75) is 32.6 Å². The molecule has 1 aromatic rings. The smallest absolute Gasteiger partial charge is 0.306 e.